The number of aromatic nitrogens is 1. The summed E-state index contributed by atoms with van der Waals surface area (Å²) in [7, 11) is 0. The van der Waals surface area contributed by atoms with Crippen LogP contribution in [0.3, 0.4) is 0 Å². The Morgan fingerprint density at radius 3 is 2.06 bits per heavy atom. The molecule has 1 aromatic heterocycles. The van der Waals surface area contributed by atoms with Crippen LogP contribution in [-0.2, 0) is 60.8 Å². The summed E-state index contributed by atoms with van der Waals surface area (Å²) >= 11 is 0. The zero-order valence-corrected chi connectivity index (χ0v) is 41.3. The van der Waals surface area contributed by atoms with E-state index in [2.05, 4.69) is 31.7 Å². The molecule has 7 amide bonds. The van der Waals surface area contributed by atoms with Gasteiger partial charge < -0.3 is 49.9 Å². The minimum absolute atomic E-state index is 0.0424. The Bertz CT molecular complexity index is 1970. The van der Waals surface area contributed by atoms with Gasteiger partial charge in [-0.1, -0.05) is 32.9 Å². The van der Waals surface area contributed by atoms with Gasteiger partial charge in [-0.05, 0) is 87.8 Å². The summed E-state index contributed by atoms with van der Waals surface area (Å²) < 4.78 is 26.8. The van der Waals surface area contributed by atoms with Gasteiger partial charge in [0.05, 0.1) is 65.2 Å². The normalized spacial score (nSPS) is 15.5. The number of hydroxylamine groups is 1. The summed E-state index contributed by atoms with van der Waals surface area (Å²) in [5.74, 6) is -1.51. The number of hydrogen-bond acceptors (Lipinski definition) is 14. The van der Waals surface area contributed by atoms with Crippen molar-refractivity contribution in [3.05, 3.63) is 59.4 Å². The second-order valence-corrected chi connectivity index (χ2v) is 18.1. The summed E-state index contributed by atoms with van der Waals surface area (Å²) in [4.78, 5) is 86.7. The number of amides is 7. The second-order valence-electron chi connectivity index (χ2n) is 18.1. The average molecular weight is 968 g/mol. The number of nitrogens with zero attached hydrogens (tertiary/aromatic N) is 4. The summed E-state index contributed by atoms with van der Waals surface area (Å²) in [5, 5.41) is 17.5. The lowest BCUT2D eigenvalue weighted by molar-refractivity contribution is -0.133. The molecule has 2 aliphatic heterocycles. The van der Waals surface area contributed by atoms with E-state index in [1.807, 2.05) is 51.1 Å². The van der Waals surface area contributed by atoms with Crippen molar-refractivity contribution in [3.63, 3.8) is 0 Å². The number of carbonyl (C=O) groups excluding carboxylic acids is 6. The minimum atomic E-state index is -0.843. The van der Waals surface area contributed by atoms with E-state index >= 15 is 0 Å². The first-order chi connectivity index (χ1) is 33.0. The topological polar surface area (TPSA) is 250 Å². The highest BCUT2D eigenvalue weighted by atomic mass is 16.7. The highest BCUT2D eigenvalue weighted by Gasteiger charge is 2.29. The van der Waals surface area contributed by atoms with Gasteiger partial charge in [0, 0.05) is 63.0 Å². The van der Waals surface area contributed by atoms with E-state index in [1.165, 1.54) is 5.01 Å². The molecule has 0 fully saturated rings. The molecule has 5 N–H and O–H groups in total. The first-order valence-corrected chi connectivity index (χ1v) is 23.8. The van der Waals surface area contributed by atoms with Crippen LogP contribution in [-0.4, -0.2) is 147 Å². The van der Waals surface area contributed by atoms with Crippen molar-refractivity contribution >= 4 is 47.2 Å². The molecule has 1 aromatic carbocycles. The molecule has 382 valence electrons. The molecule has 0 saturated carbocycles. The van der Waals surface area contributed by atoms with Crippen molar-refractivity contribution in [1.29, 1.82) is 0 Å². The van der Waals surface area contributed by atoms with E-state index in [9.17, 15) is 28.8 Å². The summed E-state index contributed by atoms with van der Waals surface area (Å²) in [6, 6.07) is 7.57. The van der Waals surface area contributed by atoms with E-state index in [-0.39, 0.29) is 68.4 Å². The molecule has 1 unspecified atom stereocenters. The van der Waals surface area contributed by atoms with E-state index in [4.69, 9.17) is 33.6 Å². The van der Waals surface area contributed by atoms with E-state index in [0.717, 1.165) is 28.8 Å². The maximum Gasteiger partial charge on any atom is 0.431 e. The van der Waals surface area contributed by atoms with Crippen LogP contribution in [0.5, 0.6) is 0 Å². The highest BCUT2D eigenvalue weighted by molar-refractivity contribution is 6.06. The van der Waals surface area contributed by atoms with Crippen molar-refractivity contribution in [2.24, 2.45) is 16.9 Å². The Balaban J connectivity index is 1.01. The Morgan fingerprint density at radius 1 is 0.783 bits per heavy atom. The predicted octanol–water partition coefficient (Wildman–Crippen LogP) is 4.05. The monoisotopic (exact) mass is 968 g/mol. The van der Waals surface area contributed by atoms with Crippen molar-refractivity contribution in [2.75, 3.05) is 77.9 Å². The van der Waals surface area contributed by atoms with Gasteiger partial charge >= 0.3 is 12.1 Å². The number of fused-ring (bicyclic) bond motifs is 1. The molecule has 0 bridgehead atoms. The largest absolute Gasteiger partial charge is 0.442 e. The molecule has 21 nitrogen and oxygen atoms in total. The number of pyridine rings is 1. The molecule has 3 heterocycles. The highest BCUT2D eigenvalue weighted by Crippen LogP contribution is 2.25. The minimum Gasteiger partial charge on any atom is -0.442 e. The molecule has 4 rings (SSSR count). The van der Waals surface area contributed by atoms with Gasteiger partial charge in [-0.2, -0.15) is 10.6 Å². The van der Waals surface area contributed by atoms with E-state index < -0.39 is 29.7 Å². The van der Waals surface area contributed by atoms with E-state index in [1.54, 1.807) is 45.0 Å². The van der Waals surface area contributed by atoms with Gasteiger partial charge in [0.2, 0.25) is 23.6 Å². The van der Waals surface area contributed by atoms with Gasteiger partial charge in [-0.25, -0.2) is 14.6 Å². The Morgan fingerprint density at radius 2 is 1.42 bits per heavy atom. The molecule has 2 aliphatic rings. The van der Waals surface area contributed by atoms with Crippen molar-refractivity contribution < 1.29 is 57.3 Å². The summed E-state index contributed by atoms with van der Waals surface area (Å²) in [5.41, 5.74) is 6.06. The lowest BCUT2D eigenvalue weighted by Crippen LogP contribution is -2.54. The maximum absolute atomic E-state index is 13.1. The van der Waals surface area contributed by atoms with E-state index in [0.29, 0.717) is 84.2 Å². The maximum atomic E-state index is 13.1. The van der Waals surface area contributed by atoms with Crippen molar-refractivity contribution in [3.8, 4) is 0 Å². The standard InChI is InChI=1S/C48H73N9O12/c1-33(2)42(53-40(58)16-20-64-21-22-65-23-24-66-25-26-67-27-28-68-55-47(63)69-48(5,6)7)45(61)51-35(4)44(60)50-17-9-8-10-19-57-41(59)29-34(3)43(54-57)36-11-13-39(14-12-36)52-46(62)56-31-37-15-18-49-30-38(37)32-56/h11-15,18,30,33-35,42H,8-10,16-17,19-29,31-32H2,1-7H3,(H,50,60)(H,51,61)(H,52,62)(H,53,58)(H,55,63)/t34?,35-,42-/m0/s1. The number of hydrogen-bond donors (Lipinski definition) is 5. The third-order valence-corrected chi connectivity index (χ3v) is 10.7. The van der Waals surface area contributed by atoms with Crippen LogP contribution in [0.4, 0.5) is 15.3 Å². The fourth-order valence-corrected chi connectivity index (χ4v) is 7.07. The van der Waals surface area contributed by atoms with Crippen LogP contribution >= 0.6 is 0 Å². The predicted molar refractivity (Wildman–Crippen MR) is 255 cm³/mol. The number of unbranched alkanes of at least 4 members (excludes halogenated alkanes) is 2. The van der Waals surface area contributed by atoms with Gasteiger partial charge in [0.1, 0.15) is 17.7 Å². The number of nitrogens with one attached hydrogen (secondary N) is 5. The van der Waals surface area contributed by atoms with Crippen LogP contribution in [0.15, 0.2) is 47.8 Å². The van der Waals surface area contributed by atoms with Crippen LogP contribution in [0.25, 0.3) is 0 Å². The molecule has 2 aromatic rings. The fraction of sp³-hybridized carbons (Fsp3) is 0.625. The molecule has 3 atom stereocenters. The molecular formula is C48H73N9O12. The molecule has 69 heavy (non-hydrogen) atoms. The lowest BCUT2D eigenvalue weighted by atomic mass is 9.93. The van der Waals surface area contributed by atoms with Gasteiger partial charge in [-0.15, -0.1) is 0 Å². The molecule has 0 spiro atoms. The van der Waals surface area contributed by atoms with Crippen LogP contribution in [0.1, 0.15) is 97.3 Å². The number of ether oxygens (including phenoxy) is 5. The Hall–Kier alpha value is -5.74. The first kappa shape index (κ1) is 55.9. The number of urea groups is 1. The smallest absolute Gasteiger partial charge is 0.431 e. The fourth-order valence-electron chi connectivity index (χ4n) is 7.07. The third kappa shape index (κ3) is 20.8. The number of anilines is 1. The molecular weight excluding hydrogens is 895 g/mol. The zero-order valence-electron chi connectivity index (χ0n) is 41.3. The molecule has 0 saturated heterocycles. The first-order valence-electron chi connectivity index (χ1n) is 23.8. The summed E-state index contributed by atoms with van der Waals surface area (Å²) in [6.45, 7) is 16.9. The number of carbonyl (C=O) groups is 6. The number of hydrazone groups is 1. The molecule has 0 aliphatic carbocycles. The van der Waals surface area contributed by atoms with Crippen molar-refractivity contribution in [2.45, 2.75) is 111 Å². The third-order valence-electron chi connectivity index (χ3n) is 10.7. The number of benzene rings is 1. The van der Waals surface area contributed by atoms with Gasteiger partial charge in [0.25, 0.3) is 0 Å². The molecule has 0 radical (unpaired) electrons. The quantitative estimate of drug-likeness (QED) is 0.0571. The second kappa shape index (κ2) is 29.3. The summed E-state index contributed by atoms with van der Waals surface area (Å²) in [6.07, 6.45) is 5.31. The lowest BCUT2D eigenvalue weighted by Gasteiger charge is -2.28. The van der Waals surface area contributed by atoms with Crippen LogP contribution < -0.4 is 26.7 Å². The Labute approximate surface area is 405 Å². The van der Waals surface area contributed by atoms with Gasteiger partial charge in [0.15, 0.2) is 0 Å². The van der Waals surface area contributed by atoms with Crippen LogP contribution in [0, 0.1) is 11.8 Å². The van der Waals surface area contributed by atoms with Crippen molar-refractivity contribution in [1.82, 2.24) is 36.3 Å². The average Bonchev–Trinajstić information content (AvgIpc) is 3.74. The molecule has 21 heteroatoms. The van der Waals surface area contributed by atoms with Crippen LogP contribution in [0.2, 0.25) is 0 Å². The zero-order chi connectivity index (χ0) is 50.2. The van der Waals surface area contributed by atoms with Gasteiger partial charge in [-0.3, -0.25) is 29.0 Å². The SMILES string of the molecule is CC1CC(=O)N(CCCCCNC(=O)[C@H](C)NC(=O)[C@@H](NC(=O)CCOCCOCCOCCOCCONC(=O)OC(C)(C)C)C(C)C)N=C1c1ccc(NC(=O)N2Cc3ccncc3C2)cc1. The number of rotatable bonds is 29. The Kier molecular flexibility index (Phi) is 23.7.